The third-order valence-corrected chi connectivity index (χ3v) is 4.79. The molecule has 0 saturated heterocycles. The fourth-order valence-electron chi connectivity index (χ4n) is 2.82. The molecule has 3 aromatic rings. The van der Waals surface area contributed by atoms with Crippen molar-refractivity contribution in [3.8, 4) is 11.3 Å². The average molecular weight is 413 g/mol. The second-order valence-corrected chi connectivity index (χ2v) is 8.39. The second kappa shape index (κ2) is 9.38. The van der Waals surface area contributed by atoms with Crippen molar-refractivity contribution >= 4 is 21.6 Å². The summed E-state index contributed by atoms with van der Waals surface area (Å²) in [7, 11) is -3.38. The number of nitrogens with zero attached hydrogens (tertiary/aromatic N) is 1. The van der Waals surface area contributed by atoms with Crippen LogP contribution < -0.4 is 10.0 Å². The molecule has 0 spiro atoms. The number of para-hydroxylation sites is 1. The zero-order chi connectivity index (χ0) is 20.7. The molecular weight excluding hydrogens is 390 g/mol. The van der Waals surface area contributed by atoms with Gasteiger partial charge in [-0.25, -0.2) is 13.4 Å². The molecule has 3 rings (SSSR count). The summed E-state index contributed by atoms with van der Waals surface area (Å²) < 4.78 is 31.1. The highest BCUT2D eigenvalue weighted by molar-refractivity contribution is 7.92. The average Bonchev–Trinajstić information content (AvgIpc) is 3.16. The zero-order valence-corrected chi connectivity index (χ0v) is 16.9. The molecular formula is C21H23N3O4S. The minimum Gasteiger partial charge on any atom is -0.441 e. The van der Waals surface area contributed by atoms with Gasteiger partial charge in [0, 0.05) is 24.9 Å². The number of amides is 1. The van der Waals surface area contributed by atoms with E-state index < -0.39 is 10.0 Å². The summed E-state index contributed by atoms with van der Waals surface area (Å²) in [5.74, 6) is 1.19. The quantitative estimate of drug-likeness (QED) is 0.560. The molecule has 0 fully saturated rings. The molecule has 0 saturated carbocycles. The number of anilines is 1. The van der Waals surface area contributed by atoms with E-state index in [4.69, 9.17) is 4.42 Å². The highest BCUT2D eigenvalue weighted by Gasteiger charge is 2.10. The third-order valence-electron chi connectivity index (χ3n) is 4.20. The Hall–Kier alpha value is -3.13. The van der Waals surface area contributed by atoms with Crippen LogP contribution in [-0.4, -0.2) is 25.6 Å². The van der Waals surface area contributed by atoms with Crippen LogP contribution in [0.15, 0.2) is 65.2 Å². The maximum atomic E-state index is 12.1. The summed E-state index contributed by atoms with van der Waals surface area (Å²) in [5.41, 5.74) is 2.13. The summed E-state index contributed by atoms with van der Waals surface area (Å²) in [5, 5.41) is 2.82. The number of aryl methyl sites for hydroxylation is 1. The van der Waals surface area contributed by atoms with Gasteiger partial charge in [-0.2, -0.15) is 0 Å². The standard InChI is InChI=1S/C21H23N3O4S/c1-29(26,27)24-18-11-6-5-10-17(18)14-22-20(25)12-7-13-21-23-15-19(28-21)16-8-3-2-4-9-16/h2-6,8-11,15,24H,7,12-14H2,1H3,(H,22,25). The molecule has 7 nitrogen and oxygen atoms in total. The van der Waals surface area contributed by atoms with E-state index in [1.165, 1.54) is 0 Å². The molecule has 152 valence electrons. The van der Waals surface area contributed by atoms with Crippen molar-refractivity contribution in [3.05, 3.63) is 72.2 Å². The Bertz CT molecular complexity index is 1060. The van der Waals surface area contributed by atoms with Gasteiger partial charge >= 0.3 is 0 Å². The molecule has 0 atom stereocenters. The van der Waals surface area contributed by atoms with E-state index in [0.717, 1.165) is 11.8 Å². The lowest BCUT2D eigenvalue weighted by atomic mass is 10.1. The monoisotopic (exact) mass is 413 g/mol. The first-order chi connectivity index (χ1) is 13.9. The number of sulfonamides is 1. The molecule has 0 bridgehead atoms. The molecule has 29 heavy (non-hydrogen) atoms. The van der Waals surface area contributed by atoms with Gasteiger partial charge in [-0.05, 0) is 18.1 Å². The molecule has 0 aliphatic rings. The second-order valence-electron chi connectivity index (χ2n) is 6.65. The van der Waals surface area contributed by atoms with Gasteiger partial charge in [0.1, 0.15) is 0 Å². The minimum absolute atomic E-state index is 0.117. The molecule has 0 unspecified atom stereocenters. The summed E-state index contributed by atoms with van der Waals surface area (Å²) >= 11 is 0. The lowest BCUT2D eigenvalue weighted by Gasteiger charge is -2.11. The van der Waals surface area contributed by atoms with Crippen molar-refractivity contribution in [2.75, 3.05) is 11.0 Å². The van der Waals surface area contributed by atoms with Gasteiger partial charge in [-0.1, -0.05) is 48.5 Å². The first kappa shape index (κ1) is 20.6. The summed E-state index contributed by atoms with van der Waals surface area (Å²) in [4.78, 5) is 16.4. The number of carbonyl (C=O) groups excluding carboxylic acids is 1. The molecule has 2 aromatic carbocycles. The van der Waals surface area contributed by atoms with Crippen LogP contribution in [0.5, 0.6) is 0 Å². The Kier molecular flexibility index (Phi) is 6.66. The third kappa shape index (κ3) is 6.46. The van der Waals surface area contributed by atoms with Crippen molar-refractivity contribution in [2.45, 2.75) is 25.8 Å². The molecule has 1 amide bonds. The molecule has 8 heteroatoms. The minimum atomic E-state index is -3.38. The Morgan fingerprint density at radius 3 is 2.55 bits per heavy atom. The molecule has 1 aromatic heterocycles. The van der Waals surface area contributed by atoms with Gasteiger partial charge in [-0.15, -0.1) is 0 Å². The zero-order valence-electron chi connectivity index (χ0n) is 16.1. The van der Waals surface area contributed by atoms with Crippen LogP contribution in [0.25, 0.3) is 11.3 Å². The van der Waals surface area contributed by atoms with Gasteiger partial charge in [0.2, 0.25) is 15.9 Å². The van der Waals surface area contributed by atoms with Crippen LogP contribution in [0.2, 0.25) is 0 Å². The highest BCUT2D eigenvalue weighted by Crippen LogP contribution is 2.20. The predicted molar refractivity (Wildman–Crippen MR) is 112 cm³/mol. The van der Waals surface area contributed by atoms with Crippen LogP contribution in [0, 0.1) is 0 Å². The molecule has 0 radical (unpaired) electrons. The van der Waals surface area contributed by atoms with Crippen molar-refractivity contribution in [1.29, 1.82) is 0 Å². The van der Waals surface area contributed by atoms with Crippen LogP contribution in [0.3, 0.4) is 0 Å². The van der Waals surface area contributed by atoms with Crippen LogP contribution >= 0.6 is 0 Å². The number of benzene rings is 2. The Labute approximate surface area is 170 Å². The number of oxazole rings is 1. The van der Waals surface area contributed by atoms with Gasteiger partial charge in [-0.3, -0.25) is 9.52 Å². The normalized spacial score (nSPS) is 11.2. The lowest BCUT2D eigenvalue weighted by molar-refractivity contribution is -0.121. The van der Waals surface area contributed by atoms with Crippen molar-refractivity contribution < 1.29 is 17.6 Å². The van der Waals surface area contributed by atoms with Crippen molar-refractivity contribution in [1.82, 2.24) is 10.3 Å². The number of aromatic nitrogens is 1. The SMILES string of the molecule is CS(=O)(=O)Nc1ccccc1CNC(=O)CCCc1ncc(-c2ccccc2)o1. The van der Waals surface area contributed by atoms with Gasteiger partial charge in [0.05, 0.1) is 18.1 Å². The van der Waals surface area contributed by atoms with E-state index in [9.17, 15) is 13.2 Å². The largest absolute Gasteiger partial charge is 0.441 e. The van der Waals surface area contributed by atoms with E-state index in [2.05, 4.69) is 15.0 Å². The van der Waals surface area contributed by atoms with Gasteiger partial charge in [0.15, 0.2) is 11.7 Å². The van der Waals surface area contributed by atoms with Crippen LogP contribution in [0.1, 0.15) is 24.3 Å². The topological polar surface area (TPSA) is 101 Å². The number of carbonyl (C=O) groups is 1. The van der Waals surface area contributed by atoms with Gasteiger partial charge in [0.25, 0.3) is 0 Å². The Balaban J connectivity index is 1.46. The first-order valence-electron chi connectivity index (χ1n) is 9.23. The number of hydrogen-bond acceptors (Lipinski definition) is 5. The smallest absolute Gasteiger partial charge is 0.229 e. The summed E-state index contributed by atoms with van der Waals surface area (Å²) in [6.07, 6.45) is 4.27. The number of nitrogens with one attached hydrogen (secondary N) is 2. The molecule has 2 N–H and O–H groups in total. The van der Waals surface area contributed by atoms with Crippen molar-refractivity contribution in [3.63, 3.8) is 0 Å². The fourth-order valence-corrected chi connectivity index (χ4v) is 3.42. The van der Waals surface area contributed by atoms with Gasteiger partial charge < -0.3 is 9.73 Å². The lowest BCUT2D eigenvalue weighted by Crippen LogP contribution is -2.23. The number of hydrogen-bond donors (Lipinski definition) is 2. The highest BCUT2D eigenvalue weighted by atomic mass is 32.2. The predicted octanol–water partition coefficient (Wildman–Crippen LogP) is 3.35. The van der Waals surface area contributed by atoms with E-state index in [0.29, 0.717) is 42.2 Å². The Morgan fingerprint density at radius 1 is 1.07 bits per heavy atom. The molecule has 0 aliphatic carbocycles. The first-order valence-corrected chi connectivity index (χ1v) is 11.1. The maximum absolute atomic E-state index is 12.1. The van der Waals surface area contributed by atoms with Crippen LogP contribution in [-0.2, 0) is 27.8 Å². The number of rotatable bonds is 9. The van der Waals surface area contributed by atoms with Crippen LogP contribution in [0.4, 0.5) is 5.69 Å². The summed E-state index contributed by atoms with van der Waals surface area (Å²) in [6, 6.07) is 16.7. The van der Waals surface area contributed by atoms with E-state index in [1.807, 2.05) is 30.3 Å². The summed E-state index contributed by atoms with van der Waals surface area (Å²) in [6.45, 7) is 0.245. The van der Waals surface area contributed by atoms with E-state index in [-0.39, 0.29) is 12.5 Å². The fraction of sp³-hybridized carbons (Fsp3) is 0.238. The molecule has 0 aliphatic heterocycles. The Morgan fingerprint density at radius 2 is 1.79 bits per heavy atom. The van der Waals surface area contributed by atoms with E-state index >= 15 is 0 Å². The molecule has 1 heterocycles. The maximum Gasteiger partial charge on any atom is 0.229 e. The van der Waals surface area contributed by atoms with E-state index in [1.54, 1.807) is 30.5 Å². The van der Waals surface area contributed by atoms with Crippen molar-refractivity contribution in [2.24, 2.45) is 0 Å².